The summed E-state index contributed by atoms with van der Waals surface area (Å²) in [5.74, 6) is -0.405. The number of benzene rings is 2. The monoisotopic (exact) mass is 270 g/mol. The van der Waals surface area contributed by atoms with E-state index < -0.39 is 5.97 Å². The molecule has 2 aromatic rings. The van der Waals surface area contributed by atoms with Gasteiger partial charge in [-0.05, 0) is 49.7 Å². The lowest BCUT2D eigenvalue weighted by Gasteiger charge is -2.10. The molecule has 3 N–H and O–H groups in total. The summed E-state index contributed by atoms with van der Waals surface area (Å²) in [6.45, 7) is 4.12. The second kappa shape index (κ2) is 6.10. The third-order valence-corrected chi connectivity index (χ3v) is 2.86. The summed E-state index contributed by atoms with van der Waals surface area (Å²) in [7, 11) is 0. The van der Waals surface area contributed by atoms with E-state index in [2.05, 4.69) is 5.32 Å². The fraction of sp³-hybridized carbons (Fsp3) is 0.188. The molecule has 104 valence electrons. The minimum Gasteiger partial charge on any atom is -0.462 e. The minimum atomic E-state index is -0.405. The summed E-state index contributed by atoms with van der Waals surface area (Å²) in [4.78, 5) is 11.8. The Morgan fingerprint density at radius 1 is 1.20 bits per heavy atom. The first-order chi connectivity index (χ1) is 9.60. The van der Waals surface area contributed by atoms with Crippen LogP contribution in [0, 0.1) is 6.92 Å². The highest BCUT2D eigenvalue weighted by Gasteiger charge is 2.11. The van der Waals surface area contributed by atoms with Crippen molar-refractivity contribution in [2.24, 2.45) is 0 Å². The van der Waals surface area contributed by atoms with Crippen LogP contribution >= 0.6 is 0 Å². The maximum atomic E-state index is 11.8. The molecule has 0 saturated carbocycles. The molecule has 0 bridgehead atoms. The molecule has 0 aliphatic carbocycles. The second-order valence-corrected chi connectivity index (χ2v) is 4.52. The number of nitrogens with two attached hydrogens (primary N) is 1. The van der Waals surface area contributed by atoms with E-state index in [9.17, 15) is 4.79 Å². The van der Waals surface area contributed by atoms with Crippen molar-refractivity contribution in [3.8, 4) is 0 Å². The highest BCUT2D eigenvalue weighted by atomic mass is 16.5. The molecule has 0 amide bonds. The van der Waals surface area contributed by atoms with E-state index in [1.165, 1.54) is 0 Å². The Morgan fingerprint density at radius 2 is 1.95 bits per heavy atom. The normalized spacial score (nSPS) is 10.1. The lowest BCUT2D eigenvalue weighted by Crippen LogP contribution is -2.08. The summed E-state index contributed by atoms with van der Waals surface area (Å²) in [6, 6.07) is 13.2. The number of anilines is 3. The van der Waals surface area contributed by atoms with Crippen molar-refractivity contribution in [1.29, 1.82) is 0 Å². The third-order valence-electron chi connectivity index (χ3n) is 2.86. The first-order valence-corrected chi connectivity index (χ1v) is 6.50. The third kappa shape index (κ3) is 3.29. The highest BCUT2D eigenvalue weighted by molar-refractivity contribution is 5.96. The molecule has 0 radical (unpaired) electrons. The SMILES string of the molecule is CCOC(=O)c1cc(Nc2cccc(C)c2)ccc1N. The van der Waals surface area contributed by atoms with Gasteiger partial charge in [-0.25, -0.2) is 4.79 Å². The molecule has 0 heterocycles. The molecule has 0 atom stereocenters. The number of hydrogen-bond donors (Lipinski definition) is 2. The van der Waals surface area contributed by atoms with Gasteiger partial charge in [0.15, 0.2) is 0 Å². The zero-order valence-electron chi connectivity index (χ0n) is 11.6. The lowest BCUT2D eigenvalue weighted by atomic mass is 10.1. The molecule has 0 fully saturated rings. The van der Waals surface area contributed by atoms with Gasteiger partial charge in [-0.3, -0.25) is 0 Å². The van der Waals surface area contributed by atoms with Crippen LogP contribution < -0.4 is 11.1 Å². The van der Waals surface area contributed by atoms with Crippen LogP contribution in [0.3, 0.4) is 0 Å². The zero-order valence-corrected chi connectivity index (χ0v) is 11.6. The van der Waals surface area contributed by atoms with E-state index >= 15 is 0 Å². The van der Waals surface area contributed by atoms with Gasteiger partial charge in [0.05, 0.1) is 12.2 Å². The molecule has 2 rings (SSSR count). The van der Waals surface area contributed by atoms with Crippen LogP contribution in [0.5, 0.6) is 0 Å². The summed E-state index contributed by atoms with van der Waals surface area (Å²) in [6.07, 6.45) is 0. The molecule has 0 aliphatic heterocycles. The van der Waals surface area contributed by atoms with Crippen molar-refractivity contribution in [2.75, 3.05) is 17.7 Å². The predicted octanol–water partition coefficient (Wildman–Crippen LogP) is 3.50. The average molecular weight is 270 g/mol. The fourth-order valence-corrected chi connectivity index (χ4v) is 1.91. The number of rotatable bonds is 4. The van der Waals surface area contributed by atoms with E-state index in [0.29, 0.717) is 17.9 Å². The van der Waals surface area contributed by atoms with Crippen molar-refractivity contribution < 1.29 is 9.53 Å². The Labute approximate surface area is 118 Å². The van der Waals surface area contributed by atoms with Gasteiger partial charge in [0.1, 0.15) is 0 Å². The molecule has 2 aromatic carbocycles. The molecular weight excluding hydrogens is 252 g/mol. The second-order valence-electron chi connectivity index (χ2n) is 4.52. The van der Waals surface area contributed by atoms with Gasteiger partial charge < -0.3 is 15.8 Å². The minimum absolute atomic E-state index is 0.327. The number of carbonyl (C=O) groups is 1. The van der Waals surface area contributed by atoms with Crippen LogP contribution in [0.2, 0.25) is 0 Å². The molecule has 0 spiro atoms. The number of nitrogens with one attached hydrogen (secondary N) is 1. The van der Waals surface area contributed by atoms with Gasteiger partial charge in [0.25, 0.3) is 0 Å². The molecule has 0 saturated heterocycles. The van der Waals surface area contributed by atoms with Crippen LogP contribution in [-0.4, -0.2) is 12.6 Å². The largest absolute Gasteiger partial charge is 0.462 e. The summed E-state index contributed by atoms with van der Waals surface area (Å²) in [5.41, 5.74) is 9.53. The predicted molar refractivity (Wildman–Crippen MR) is 81.3 cm³/mol. The number of ether oxygens (including phenoxy) is 1. The molecular formula is C16H18N2O2. The van der Waals surface area contributed by atoms with Crippen molar-refractivity contribution in [3.05, 3.63) is 53.6 Å². The van der Waals surface area contributed by atoms with Crippen molar-refractivity contribution in [1.82, 2.24) is 0 Å². The fourth-order valence-electron chi connectivity index (χ4n) is 1.91. The van der Waals surface area contributed by atoms with Crippen molar-refractivity contribution in [2.45, 2.75) is 13.8 Å². The number of nitrogen functional groups attached to an aromatic ring is 1. The Hall–Kier alpha value is -2.49. The first-order valence-electron chi connectivity index (χ1n) is 6.50. The van der Waals surface area contributed by atoms with Gasteiger partial charge >= 0.3 is 5.97 Å². The topological polar surface area (TPSA) is 64.3 Å². The number of hydrogen-bond acceptors (Lipinski definition) is 4. The number of aryl methyl sites for hydroxylation is 1. The maximum Gasteiger partial charge on any atom is 0.340 e. The highest BCUT2D eigenvalue weighted by Crippen LogP contribution is 2.22. The lowest BCUT2D eigenvalue weighted by molar-refractivity contribution is 0.0527. The van der Waals surface area contributed by atoms with Gasteiger partial charge in [0.2, 0.25) is 0 Å². The standard InChI is InChI=1S/C16H18N2O2/c1-3-20-16(19)14-10-13(7-8-15(14)17)18-12-6-4-5-11(2)9-12/h4-10,18H,3,17H2,1-2H3. The van der Waals surface area contributed by atoms with E-state index in [1.807, 2.05) is 37.3 Å². The Balaban J connectivity index is 2.25. The Kier molecular flexibility index (Phi) is 4.25. The Bertz CT molecular complexity index is 624. The van der Waals surface area contributed by atoms with Crippen molar-refractivity contribution in [3.63, 3.8) is 0 Å². The van der Waals surface area contributed by atoms with Crippen LogP contribution in [0.25, 0.3) is 0 Å². The molecule has 0 aromatic heterocycles. The smallest absolute Gasteiger partial charge is 0.340 e. The van der Waals surface area contributed by atoms with Gasteiger partial charge in [-0.1, -0.05) is 12.1 Å². The molecule has 0 unspecified atom stereocenters. The molecule has 4 heteroatoms. The molecule has 20 heavy (non-hydrogen) atoms. The van der Waals surface area contributed by atoms with Gasteiger partial charge in [-0.15, -0.1) is 0 Å². The van der Waals surface area contributed by atoms with Crippen molar-refractivity contribution >= 4 is 23.0 Å². The van der Waals surface area contributed by atoms with E-state index in [-0.39, 0.29) is 0 Å². The molecule has 4 nitrogen and oxygen atoms in total. The van der Waals surface area contributed by atoms with Crippen LogP contribution in [-0.2, 0) is 4.74 Å². The summed E-state index contributed by atoms with van der Waals surface area (Å²) >= 11 is 0. The van der Waals surface area contributed by atoms with Crippen LogP contribution in [0.1, 0.15) is 22.8 Å². The van der Waals surface area contributed by atoms with E-state index in [4.69, 9.17) is 10.5 Å². The van der Waals surface area contributed by atoms with Gasteiger partial charge in [0, 0.05) is 17.1 Å². The zero-order chi connectivity index (χ0) is 14.5. The average Bonchev–Trinajstić information content (AvgIpc) is 2.41. The van der Waals surface area contributed by atoms with E-state index in [1.54, 1.807) is 19.1 Å². The number of carbonyl (C=O) groups excluding carboxylic acids is 1. The summed E-state index contributed by atoms with van der Waals surface area (Å²) < 4.78 is 4.99. The van der Waals surface area contributed by atoms with Gasteiger partial charge in [-0.2, -0.15) is 0 Å². The quantitative estimate of drug-likeness (QED) is 0.659. The van der Waals surface area contributed by atoms with E-state index in [0.717, 1.165) is 16.9 Å². The summed E-state index contributed by atoms with van der Waals surface area (Å²) in [5, 5.41) is 3.25. The number of esters is 1. The Morgan fingerprint density at radius 3 is 2.65 bits per heavy atom. The maximum absolute atomic E-state index is 11.8. The first kappa shape index (κ1) is 13.9. The van der Waals surface area contributed by atoms with Crippen LogP contribution in [0.4, 0.5) is 17.1 Å². The molecule has 0 aliphatic rings. The van der Waals surface area contributed by atoms with Crippen LogP contribution in [0.15, 0.2) is 42.5 Å².